The van der Waals surface area contributed by atoms with E-state index in [-0.39, 0.29) is 5.90 Å². The van der Waals surface area contributed by atoms with E-state index in [1.54, 1.807) is 24.5 Å². The molecule has 0 bridgehead atoms. The molecule has 0 saturated heterocycles. The summed E-state index contributed by atoms with van der Waals surface area (Å²) in [4.78, 5) is 0. The van der Waals surface area contributed by atoms with Crippen molar-refractivity contribution in [1.82, 2.24) is 0 Å². The van der Waals surface area contributed by atoms with Crippen molar-refractivity contribution in [2.45, 2.75) is 6.92 Å². The zero-order valence-electron chi connectivity index (χ0n) is 9.00. The first-order valence-corrected chi connectivity index (χ1v) is 5.05. The summed E-state index contributed by atoms with van der Waals surface area (Å²) >= 11 is 0. The normalized spacial score (nSPS) is 11.4. The van der Waals surface area contributed by atoms with Gasteiger partial charge in [0.1, 0.15) is 0 Å². The van der Waals surface area contributed by atoms with Crippen molar-refractivity contribution in [2.75, 3.05) is 0 Å². The molecule has 0 saturated carbocycles. The van der Waals surface area contributed by atoms with Crippen LogP contribution in [-0.2, 0) is 0 Å². The second kappa shape index (κ2) is 4.57. The van der Waals surface area contributed by atoms with Crippen molar-refractivity contribution in [3.63, 3.8) is 0 Å². The lowest BCUT2D eigenvalue weighted by atomic mass is 10.2. The van der Waals surface area contributed by atoms with Crippen LogP contribution in [0.15, 0.2) is 60.0 Å². The van der Waals surface area contributed by atoms with E-state index in [1.807, 2.05) is 37.3 Å². The summed E-state index contributed by atoms with van der Waals surface area (Å²) in [5.41, 5.74) is 1.66. The molecule has 80 valence electrons. The zero-order chi connectivity index (χ0) is 11.4. The topological polar surface area (TPSA) is 39.3 Å². The Balaban J connectivity index is 2.32. The van der Waals surface area contributed by atoms with Crippen molar-refractivity contribution in [2.24, 2.45) is 5.10 Å². The summed E-state index contributed by atoms with van der Waals surface area (Å²) in [6.45, 7) is 1.96. The first kappa shape index (κ1) is 10.4. The van der Waals surface area contributed by atoms with Crippen molar-refractivity contribution >= 4 is 5.90 Å². The number of hydrogen-bond acceptors (Lipinski definition) is 2. The predicted molar refractivity (Wildman–Crippen MR) is 59.8 cm³/mol. The fourth-order valence-corrected chi connectivity index (χ4v) is 1.38. The maximum Gasteiger partial charge on any atom is 0.205 e. The second-order valence-electron chi connectivity index (χ2n) is 3.53. The van der Waals surface area contributed by atoms with Crippen LogP contribution in [-0.4, -0.2) is 5.90 Å². The lowest BCUT2D eigenvalue weighted by Gasteiger charge is -2.05. The van der Waals surface area contributed by atoms with Gasteiger partial charge in [-0.25, -0.2) is 0 Å². The highest BCUT2D eigenvalue weighted by Gasteiger charge is 1.98. The van der Waals surface area contributed by atoms with Crippen molar-refractivity contribution in [3.05, 3.63) is 66.0 Å². The van der Waals surface area contributed by atoms with Gasteiger partial charge in [-0.15, -0.1) is 0 Å². The van der Waals surface area contributed by atoms with E-state index in [1.165, 1.54) is 4.68 Å². The smallest absolute Gasteiger partial charge is 0.205 e. The summed E-state index contributed by atoms with van der Waals surface area (Å²) in [7, 11) is 0. The number of pyridine rings is 1. The Hall–Kier alpha value is -2.16. The highest BCUT2D eigenvalue weighted by atomic mass is 16.3. The SMILES string of the molecule is Cc1ccc[n+](/N=C(\[O-])c2ccccc2)c1. The van der Waals surface area contributed by atoms with Gasteiger partial charge >= 0.3 is 0 Å². The Kier molecular flexibility index (Phi) is 2.96. The molecule has 2 aromatic rings. The summed E-state index contributed by atoms with van der Waals surface area (Å²) in [5, 5.41) is 15.7. The fraction of sp³-hybridized carbons (Fsp3) is 0.0769. The number of aryl methyl sites for hydroxylation is 1. The van der Waals surface area contributed by atoms with Gasteiger partial charge in [0.05, 0.1) is 5.90 Å². The third-order valence-electron chi connectivity index (χ3n) is 2.16. The van der Waals surface area contributed by atoms with Crippen LogP contribution < -0.4 is 9.78 Å². The maximum atomic E-state index is 11.7. The van der Waals surface area contributed by atoms with Crippen molar-refractivity contribution in [1.29, 1.82) is 0 Å². The van der Waals surface area contributed by atoms with Crippen LogP contribution in [0.3, 0.4) is 0 Å². The molecule has 3 heteroatoms. The van der Waals surface area contributed by atoms with Crippen molar-refractivity contribution in [3.8, 4) is 0 Å². The second-order valence-corrected chi connectivity index (χ2v) is 3.53. The molecular formula is C13H12N2O. The molecule has 0 atom stereocenters. The summed E-state index contributed by atoms with van der Waals surface area (Å²) in [5.74, 6) is -0.240. The minimum atomic E-state index is -0.240. The standard InChI is InChI=1S/C13H12N2O/c1-11-6-5-9-15(10-11)14-13(16)12-7-3-2-4-8-12/h2-10H,1H3. The van der Waals surface area contributed by atoms with Gasteiger partial charge in [-0.1, -0.05) is 35.0 Å². The molecule has 0 aliphatic heterocycles. The van der Waals surface area contributed by atoms with E-state index in [2.05, 4.69) is 5.10 Å². The zero-order valence-corrected chi connectivity index (χ0v) is 9.00. The Bertz CT molecular complexity index is 506. The molecular weight excluding hydrogens is 200 g/mol. The molecule has 16 heavy (non-hydrogen) atoms. The summed E-state index contributed by atoms with van der Waals surface area (Å²) < 4.78 is 1.53. The number of aromatic nitrogens is 1. The van der Waals surface area contributed by atoms with E-state index in [4.69, 9.17) is 0 Å². The van der Waals surface area contributed by atoms with E-state index >= 15 is 0 Å². The predicted octanol–water partition coefficient (Wildman–Crippen LogP) is 0.853. The summed E-state index contributed by atoms with van der Waals surface area (Å²) in [6, 6.07) is 12.8. The lowest BCUT2D eigenvalue weighted by molar-refractivity contribution is -0.681. The molecule has 0 unspecified atom stereocenters. The average Bonchev–Trinajstić information content (AvgIpc) is 2.30. The molecule has 0 aliphatic carbocycles. The Morgan fingerprint density at radius 2 is 1.88 bits per heavy atom. The van der Waals surface area contributed by atoms with Crippen LogP contribution in [0, 0.1) is 6.92 Å². The Morgan fingerprint density at radius 3 is 2.56 bits per heavy atom. The van der Waals surface area contributed by atoms with E-state index in [0.717, 1.165) is 5.56 Å². The highest BCUT2D eigenvalue weighted by Crippen LogP contribution is 1.97. The molecule has 2 rings (SSSR count). The third-order valence-corrected chi connectivity index (χ3v) is 2.16. The number of nitrogens with zero attached hydrogens (tertiary/aromatic N) is 2. The van der Waals surface area contributed by atoms with Gasteiger partial charge < -0.3 is 5.11 Å². The van der Waals surface area contributed by atoms with Gasteiger partial charge in [0, 0.05) is 11.6 Å². The Labute approximate surface area is 94.3 Å². The highest BCUT2D eigenvalue weighted by molar-refractivity contribution is 5.89. The van der Waals surface area contributed by atoms with Crippen LogP contribution in [0.1, 0.15) is 11.1 Å². The fourth-order valence-electron chi connectivity index (χ4n) is 1.38. The molecule has 0 aliphatic rings. The first-order valence-electron chi connectivity index (χ1n) is 5.05. The van der Waals surface area contributed by atoms with Crippen LogP contribution in [0.2, 0.25) is 0 Å². The lowest BCUT2D eigenvalue weighted by Crippen LogP contribution is -2.33. The minimum Gasteiger partial charge on any atom is -0.854 e. The van der Waals surface area contributed by atoms with Gasteiger partial charge in [0.15, 0.2) is 0 Å². The molecule has 1 heterocycles. The third kappa shape index (κ3) is 2.45. The quantitative estimate of drug-likeness (QED) is 0.413. The molecule has 0 spiro atoms. The van der Waals surface area contributed by atoms with Gasteiger partial charge in [-0.2, -0.15) is 0 Å². The van der Waals surface area contributed by atoms with Crippen LogP contribution in [0.4, 0.5) is 0 Å². The molecule has 3 nitrogen and oxygen atoms in total. The Morgan fingerprint density at radius 1 is 1.12 bits per heavy atom. The number of hydrogen-bond donors (Lipinski definition) is 0. The average molecular weight is 212 g/mol. The first-order chi connectivity index (χ1) is 7.75. The van der Waals surface area contributed by atoms with E-state index < -0.39 is 0 Å². The number of benzene rings is 1. The number of rotatable bonds is 2. The van der Waals surface area contributed by atoms with E-state index in [0.29, 0.717) is 5.56 Å². The van der Waals surface area contributed by atoms with E-state index in [9.17, 15) is 5.11 Å². The van der Waals surface area contributed by atoms with Gasteiger partial charge in [-0.3, -0.25) is 0 Å². The van der Waals surface area contributed by atoms with Gasteiger partial charge in [0.2, 0.25) is 12.4 Å². The molecule has 1 aromatic carbocycles. The van der Waals surface area contributed by atoms with Crippen LogP contribution in [0.25, 0.3) is 0 Å². The molecule has 0 radical (unpaired) electrons. The molecule has 1 aromatic heterocycles. The van der Waals surface area contributed by atoms with Gasteiger partial charge in [-0.05, 0) is 23.7 Å². The summed E-state index contributed by atoms with van der Waals surface area (Å²) in [6.07, 6.45) is 3.55. The molecule has 0 fully saturated rings. The largest absolute Gasteiger partial charge is 0.854 e. The molecule has 0 amide bonds. The maximum absolute atomic E-state index is 11.7. The van der Waals surface area contributed by atoms with Crippen LogP contribution in [0.5, 0.6) is 0 Å². The van der Waals surface area contributed by atoms with Gasteiger partial charge in [0.25, 0.3) is 0 Å². The molecule has 0 N–H and O–H groups in total. The van der Waals surface area contributed by atoms with Crippen molar-refractivity contribution < 1.29 is 9.78 Å². The monoisotopic (exact) mass is 212 g/mol. The minimum absolute atomic E-state index is 0.240. The van der Waals surface area contributed by atoms with Crippen LogP contribution >= 0.6 is 0 Å².